The van der Waals surface area contributed by atoms with E-state index in [-0.39, 0.29) is 0 Å². The highest BCUT2D eigenvalue weighted by molar-refractivity contribution is 7.11. The van der Waals surface area contributed by atoms with Crippen LogP contribution >= 0.6 is 11.3 Å². The lowest BCUT2D eigenvalue weighted by Gasteiger charge is -1.93. The van der Waals surface area contributed by atoms with Crippen molar-refractivity contribution in [2.75, 3.05) is 13.1 Å². The molecule has 52 valence electrons. The predicted octanol–water partition coefficient (Wildman–Crippen LogP) is 1.73. The normalized spacial score (nSPS) is 17.4. The Kier molecular flexibility index (Phi) is 1.57. The van der Waals surface area contributed by atoms with E-state index in [1.807, 2.05) is 11.3 Å². The van der Waals surface area contributed by atoms with Crippen LogP contribution in [0.5, 0.6) is 0 Å². The fraction of sp³-hybridized carbons (Fsp3) is 0.250. The van der Waals surface area contributed by atoms with Gasteiger partial charge in [0, 0.05) is 18.0 Å². The quantitative estimate of drug-likeness (QED) is 0.644. The average molecular weight is 151 g/mol. The Morgan fingerprint density at radius 2 is 2.50 bits per heavy atom. The molecule has 0 unspecified atom stereocenters. The van der Waals surface area contributed by atoms with Crippen molar-refractivity contribution < 1.29 is 0 Å². The highest BCUT2D eigenvalue weighted by atomic mass is 32.1. The number of hydrogen-bond acceptors (Lipinski definition) is 2. The second-order valence-corrected chi connectivity index (χ2v) is 3.29. The molecule has 1 aromatic heterocycles. The van der Waals surface area contributed by atoms with Crippen LogP contribution in [0.15, 0.2) is 23.6 Å². The Morgan fingerprint density at radius 1 is 1.50 bits per heavy atom. The Morgan fingerprint density at radius 3 is 3.10 bits per heavy atom. The summed E-state index contributed by atoms with van der Waals surface area (Å²) in [7, 11) is 0. The molecule has 2 rings (SSSR count). The van der Waals surface area contributed by atoms with Crippen molar-refractivity contribution in [1.29, 1.82) is 0 Å². The van der Waals surface area contributed by atoms with Gasteiger partial charge in [-0.15, -0.1) is 11.3 Å². The van der Waals surface area contributed by atoms with E-state index in [0.29, 0.717) is 0 Å². The minimum atomic E-state index is 1.03. The highest BCUT2D eigenvalue weighted by Crippen LogP contribution is 2.20. The molecule has 0 amide bonds. The summed E-state index contributed by atoms with van der Waals surface area (Å²) in [5.74, 6) is 0. The molecule has 0 bridgehead atoms. The van der Waals surface area contributed by atoms with Crippen LogP contribution < -0.4 is 5.32 Å². The molecular formula is C8H9NS. The van der Waals surface area contributed by atoms with Crippen LogP contribution in [0.3, 0.4) is 0 Å². The lowest BCUT2D eigenvalue weighted by atomic mass is 10.2. The zero-order valence-electron chi connectivity index (χ0n) is 5.63. The first-order valence-electron chi connectivity index (χ1n) is 3.40. The molecule has 0 aliphatic carbocycles. The number of hydrogen-bond donors (Lipinski definition) is 1. The van der Waals surface area contributed by atoms with Gasteiger partial charge in [-0.3, -0.25) is 0 Å². The summed E-state index contributed by atoms with van der Waals surface area (Å²) in [6.45, 7) is 2.08. The second kappa shape index (κ2) is 2.56. The van der Waals surface area contributed by atoms with Crippen molar-refractivity contribution in [2.24, 2.45) is 0 Å². The van der Waals surface area contributed by atoms with Crippen LogP contribution in [-0.2, 0) is 0 Å². The molecular weight excluding hydrogens is 142 g/mol. The molecule has 1 aromatic rings. The maximum Gasteiger partial charge on any atom is 0.0312 e. The van der Waals surface area contributed by atoms with E-state index < -0.39 is 0 Å². The van der Waals surface area contributed by atoms with Gasteiger partial charge in [-0.25, -0.2) is 0 Å². The Balaban J connectivity index is 2.28. The third-order valence-electron chi connectivity index (χ3n) is 1.65. The van der Waals surface area contributed by atoms with Crippen LogP contribution in [-0.4, -0.2) is 13.1 Å². The number of nitrogens with one attached hydrogen (secondary N) is 1. The molecule has 1 N–H and O–H groups in total. The highest BCUT2D eigenvalue weighted by Gasteiger charge is 2.05. The van der Waals surface area contributed by atoms with Gasteiger partial charge in [0.15, 0.2) is 0 Å². The fourth-order valence-corrected chi connectivity index (χ4v) is 1.89. The third-order valence-corrected chi connectivity index (χ3v) is 2.59. The number of rotatable bonds is 1. The van der Waals surface area contributed by atoms with Crippen LogP contribution in [0.4, 0.5) is 0 Å². The smallest absolute Gasteiger partial charge is 0.0312 e. The van der Waals surface area contributed by atoms with E-state index in [0.717, 1.165) is 13.1 Å². The van der Waals surface area contributed by atoms with Crippen molar-refractivity contribution in [3.63, 3.8) is 0 Å². The standard InChI is InChI=1S/C8H9NS/c1-2-8(10-5-1)7-3-4-9-6-7/h1-3,5,9H,4,6H2. The van der Waals surface area contributed by atoms with Crippen molar-refractivity contribution in [1.82, 2.24) is 5.32 Å². The largest absolute Gasteiger partial charge is 0.309 e. The van der Waals surface area contributed by atoms with Crippen molar-refractivity contribution in [2.45, 2.75) is 0 Å². The summed E-state index contributed by atoms with van der Waals surface area (Å²) in [6.07, 6.45) is 2.26. The summed E-state index contributed by atoms with van der Waals surface area (Å²) in [5.41, 5.74) is 1.45. The predicted molar refractivity (Wildman–Crippen MR) is 45.2 cm³/mol. The molecule has 1 aliphatic heterocycles. The zero-order valence-corrected chi connectivity index (χ0v) is 6.45. The molecule has 0 spiro atoms. The summed E-state index contributed by atoms with van der Waals surface area (Å²) < 4.78 is 0. The maximum atomic E-state index is 3.27. The van der Waals surface area contributed by atoms with E-state index >= 15 is 0 Å². The van der Waals surface area contributed by atoms with Gasteiger partial charge >= 0.3 is 0 Å². The van der Waals surface area contributed by atoms with E-state index in [1.165, 1.54) is 10.5 Å². The molecule has 0 aromatic carbocycles. The molecule has 2 heteroatoms. The first-order chi connectivity index (χ1) is 4.97. The van der Waals surface area contributed by atoms with Gasteiger partial charge < -0.3 is 5.32 Å². The first kappa shape index (κ1) is 6.13. The van der Waals surface area contributed by atoms with Crippen LogP contribution in [0.2, 0.25) is 0 Å². The van der Waals surface area contributed by atoms with Crippen molar-refractivity contribution >= 4 is 16.9 Å². The van der Waals surface area contributed by atoms with Gasteiger partial charge in [0.25, 0.3) is 0 Å². The van der Waals surface area contributed by atoms with E-state index in [9.17, 15) is 0 Å². The van der Waals surface area contributed by atoms with Crippen LogP contribution in [0, 0.1) is 0 Å². The molecule has 2 heterocycles. The molecule has 0 atom stereocenters. The zero-order chi connectivity index (χ0) is 6.81. The minimum Gasteiger partial charge on any atom is -0.309 e. The summed E-state index contributed by atoms with van der Waals surface area (Å²) in [5, 5.41) is 5.39. The second-order valence-electron chi connectivity index (χ2n) is 2.34. The lowest BCUT2D eigenvalue weighted by Crippen LogP contribution is -2.07. The molecule has 10 heavy (non-hydrogen) atoms. The van der Waals surface area contributed by atoms with Crippen LogP contribution in [0.1, 0.15) is 4.88 Å². The molecule has 0 radical (unpaired) electrons. The molecule has 0 saturated heterocycles. The number of thiophene rings is 1. The van der Waals surface area contributed by atoms with Gasteiger partial charge in [0.2, 0.25) is 0 Å². The van der Waals surface area contributed by atoms with Crippen LogP contribution in [0.25, 0.3) is 5.57 Å². The topological polar surface area (TPSA) is 12.0 Å². The minimum absolute atomic E-state index is 1.03. The molecule has 0 saturated carbocycles. The average Bonchev–Trinajstić information content (AvgIpc) is 2.59. The first-order valence-corrected chi connectivity index (χ1v) is 4.28. The third kappa shape index (κ3) is 1.00. The molecule has 0 fully saturated rings. The lowest BCUT2D eigenvalue weighted by molar-refractivity contribution is 0.898. The van der Waals surface area contributed by atoms with Gasteiger partial charge in [-0.1, -0.05) is 12.1 Å². The Bertz CT molecular complexity index is 236. The van der Waals surface area contributed by atoms with Gasteiger partial charge in [0.05, 0.1) is 0 Å². The summed E-state index contributed by atoms with van der Waals surface area (Å²) in [4.78, 5) is 1.41. The monoisotopic (exact) mass is 151 g/mol. The van der Waals surface area contributed by atoms with Gasteiger partial charge in [0.1, 0.15) is 0 Å². The summed E-state index contributed by atoms with van der Waals surface area (Å²) >= 11 is 1.81. The van der Waals surface area contributed by atoms with E-state index in [1.54, 1.807) is 0 Å². The Hall–Kier alpha value is -0.600. The maximum absolute atomic E-state index is 3.27. The fourth-order valence-electron chi connectivity index (χ4n) is 1.12. The molecule has 1 nitrogen and oxygen atoms in total. The van der Waals surface area contributed by atoms with Crippen molar-refractivity contribution in [3.05, 3.63) is 28.5 Å². The SMILES string of the molecule is C1=C(c2cccs2)CNC1. The summed E-state index contributed by atoms with van der Waals surface area (Å²) in [6, 6.07) is 4.27. The van der Waals surface area contributed by atoms with Gasteiger partial charge in [-0.2, -0.15) is 0 Å². The van der Waals surface area contributed by atoms with Crippen molar-refractivity contribution in [3.8, 4) is 0 Å². The van der Waals surface area contributed by atoms with Gasteiger partial charge in [-0.05, 0) is 17.0 Å². The van der Waals surface area contributed by atoms with E-state index in [4.69, 9.17) is 0 Å². The Labute approximate surface area is 64.4 Å². The van der Waals surface area contributed by atoms with E-state index in [2.05, 4.69) is 28.9 Å². The molecule has 1 aliphatic rings.